The Morgan fingerprint density at radius 2 is 1.50 bits per heavy atom. The third-order valence-electron chi connectivity index (χ3n) is 3.66. The van der Waals surface area contributed by atoms with Gasteiger partial charge in [-0.25, -0.2) is 4.98 Å². The zero-order chi connectivity index (χ0) is 17.3. The number of ether oxygens (including phenoxy) is 2. The highest BCUT2D eigenvalue weighted by atomic mass is 35.5. The molecule has 3 rings (SSSR count). The van der Waals surface area contributed by atoms with E-state index in [-0.39, 0.29) is 5.28 Å². The summed E-state index contributed by atoms with van der Waals surface area (Å²) >= 11 is 6.09. The van der Waals surface area contributed by atoms with Crippen molar-refractivity contribution in [2.24, 2.45) is 0 Å². The molecule has 0 radical (unpaired) electrons. The number of aromatic nitrogens is 2. The molecule has 0 saturated heterocycles. The highest BCUT2D eigenvalue weighted by Crippen LogP contribution is 2.35. The Morgan fingerprint density at radius 1 is 0.875 bits per heavy atom. The Balaban J connectivity index is 2.15. The summed E-state index contributed by atoms with van der Waals surface area (Å²) in [6, 6.07) is 9.85. The summed E-state index contributed by atoms with van der Waals surface area (Å²) in [4.78, 5) is 8.61. The van der Waals surface area contributed by atoms with Gasteiger partial charge in [-0.2, -0.15) is 4.98 Å². The number of benzene rings is 2. The topological polar surface area (TPSA) is 56.3 Å². The molecule has 0 atom stereocenters. The standard InChI is InChI=1S/C18H18ClN3O2/c1-10-5-11(2)7-12(6-10)20-17-13-8-15(23-3)16(24-4)9-14(13)21-18(19)22-17/h5-9H,1-4H3,(H,20,21,22). The van der Waals surface area contributed by atoms with Crippen LogP contribution in [0.15, 0.2) is 30.3 Å². The molecule has 2 aromatic carbocycles. The van der Waals surface area contributed by atoms with Gasteiger partial charge in [0, 0.05) is 17.1 Å². The van der Waals surface area contributed by atoms with Gasteiger partial charge in [-0.3, -0.25) is 0 Å². The minimum atomic E-state index is 0.168. The summed E-state index contributed by atoms with van der Waals surface area (Å²) in [6.45, 7) is 4.11. The second-order valence-electron chi connectivity index (χ2n) is 5.57. The van der Waals surface area contributed by atoms with Gasteiger partial charge in [0.1, 0.15) is 5.82 Å². The molecule has 0 aliphatic rings. The van der Waals surface area contributed by atoms with E-state index in [1.165, 1.54) is 11.1 Å². The number of hydrogen-bond donors (Lipinski definition) is 1. The minimum Gasteiger partial charge on any atom is -0.493 e. The molecule has 0 amide bonds. The number of halogens is 1. The molecular formula is C18H18ClN3O2. The van der Waals surface area contributed by atoms with Crippen molar-refractivity contribution in [1.82, 2.24) is 9.97 Å². The molecule has 0 saturated carbocycles. The third kappa shape index (κ3) is 3.21. The van der Waals surface area contributed by atoms with Crippen LogP contribution in [0, 0.1) is 13.8 Å². The lowest BCUT2D eigenvalue weighted by Gasteiger charge is -2.13. The number of methoxy groups -OCH3 is 2. The van der Waals surface area contributed by atoms with Crippen molar-refractivity contribution in [2.45, 2.75) is 13.8 Å². The van der Waals surface area contributed by atoms with E-state index in [4.69, 9.17) is 21.1 Å². The van der Waals surface area contributed by atoms with Crippen LogP contribution in [-0.4, -0.2) is 24.2 Å². The van der Waals surface area contributed by atoms with Gasteiger partial charge < -0.3 is 14.8 Å². The van der Waals surface area contributed by atoms with Crippen LogP contribution in [0.4, 0.5) is 11.5 Å². The summed E-state index contributed by atoms with van der Waals surface area (Å²) in [6.07, 6.45) is 0. The van der Waals surface area contributed by atoms with Gasteiger partial charge in [0.25, 0.3) is 0 Å². The van der Waals surface area contributed by atoms with Crippen molar-refractivity contribution in [3.8, 4) is 11.5 Å². The largest absolute Gasteiger partial charge is 0.493 e. The first kappa shape index (κ1) is 16.3. The number of nitrogens with zero attached hydrogens (tertiary/aromatic N) is 2. The SMILES string of the molecule is COc1cc2nc(Cl)nc(Nc3cc(C)cc(C)c3)c2cc1OC. The summed E-state index contributed by atoms with van der Waals surface area (Å²) in [5.41, 5.74) is 3.96. The van der Waals surface area contributed by atoms with Gasteiger partial charge >= 0.3 is 0 Å². The van der Waals surface area contributed by atoms with Crippen LogP contribution in [0.25, 0.3) is 10.9 Å². The lowest BCUT2D eigenvalue weighted by atomic mass is 10.1. The number of fused-ring (bicyclic) bond motifs is 1. The zero-order valence-electron chi connectivity index (χ0n) is 14.0. The van der Waals surface area contributed by atoms with Gasteiger partial charge in [0.15, 0.2) is 11.5 Å². The molecule has 5 nitrogen and oxygen atoms in total. The Morgan fingerprint density at radius 3 is 2.12 bits per heavy atom. The second-order valence-corrected chi connectivity index (χ2v) is 5.91. The van der Waals surface area contributed by atoms with Crippen molar-refractivity contribution in [3.63, 3.8) is 0 Å². The van der Waals surface area contributed by atoms with Gasteiger partial charge in [-0.1, -0.05) is 6.07 Å². The van der Waals surface area contributed by atoms with Gasteiger partial charge in [0.05, 0.1) is 19.7 Å². The number of aryl methyl sites for hydroxylation is 2. The predicted molar refractivity (Wildman–Crippen MR) is 96.9 cm³/mol. The smallest absolute Gasteiger partial charge is 0.224 e. The van der Waals surface area contributed by atoms with Gasteiger partial charge in [0.2, 0.25) is 5.28 Å². The van der Waals surface area contributed by atoms with Crippen molar-refractivity contribution in [2.75, 3.05) is 19.5 Å². The quantitative estimate of drug-likeness (QED) is 0.698. The van der Waals surface area contributed by atoms with Crippen LogP contribution in [0.5, 0.6) is 11.5 Å². The number of nitrogens with one attached hydrogen (secondary N) is 1. The molecule has 24 heavy (non-hydrogen) atoms. The molecule has 1 heterocycles. The van der Waals surface area contributed by atoms with Crippen molar-refractivity contribution in [1.29, 1.82) is 0 Å². The first-order valence-corrected chi connectivity index (χ1v) is 7.82. The van der Waals surface area contributed by atoms with E-state index in [2.05, 4.69) is 47.3 Å². The Kier molecular flexibility index (Phi) is 4.44. The normalized spacial score (nSPS) is 10.7. The van der Waals surface area contributed by atoms with E-state index < -0.39 is 0 Å². The molecule has 0 aliphatic heterocycles. The molecule has 6 heteroatoms. The van der Waals surface area contributed by atoms with E-state index in [0.717, 1.165) is 11.1 Å². The van der Waals surface area contributed by atoms with E-state index in [1.807, 2.05) is 6.07 Å². The fraction of sp³-hybridized carbons (Fsp3) is 0.222. The Bertz CT molecular complexity index is 892. The van der Waals surface area contributed by atoms with E-state index in [0.29, 0.717) is 22.8 Å². The summed E-state index contributed by atoms with van der Waals surface area (Å²) in [5.74, 6) is 1.83. The molecule has 124 valence electrons. The lowest BCUT2D eigenvalue weighted by Crippen LogP contribution is -1.99. The number of rotatable bonds is 4. The third-order valence-corrected chi connectivity index (χ3v) is 3.83. The second kappa shape index (κ2) is 6.53. The lowest BCUT2D eigenvalue weighted by molar-refractivity contribution is 0.356. The van der Waals surface area contributed by atoms with Gasteiger partial charge in [-0.15, -0.1) is 0 Å². The van der Waals surface area contributed by atoms with Crippen molar-refractivity contribution in [3.05, 3.63) is 46.7 Å². The van der Waals surface area contributed by atoms with E-state index >= 15 is 0 Å². The van der Waals surface area contributed by atoms with Crippen LogP contribution < -0.4 is 14.8 Å². The van der Waals surface area contributed by atoms with Crippen molar-refractivity contribution < 1.29 is 9.47 Å². The molecule has 0 aliphatic carbocycles. The molecule has 0 bridgehead atoms. The van der Waals surface area contributed by atoms with E-state index in [9.17, 15) is 0 Å². The van der Waals surface area contributed by atoms with Crippen LogP contribution in [-0.2, 0) is 0 Å². The van der Waals surface area contributed by atoms with Crippen LogP contribution in [0.2, 0.25) is 5.28 Å². The van der Waals surface area contributed by atoms with Crippen LogP contribution >= 0.6 is 11.6 Å². The summed E-state index contributed by atoms with van der Waals surface area (Å²) in [5, 5.41) is 4.30. The average molecular weight is 344 g/mol. The summed E-state index contributed by atoms with van der Waals surface area (Å²) in [7, 11) is 3.18. The number of hydrogen-bond acceptors (Lipinski definition) is 5. The first-order chi connectivity index (χ1) is 11.5. The van der Waals surface area contributed by atoms with Crippen LogP contribution in [0.1, 0.15) is 11.1 Å². The Hall–Kier alpha value is -2.53. The average Bonchev–Trinajstić information content (AvgIpc) is 2.52. The fourth-order valence-corrected chi connectivity index (χ4v) is 2.88. The molecule has 0 spiro atoms. The van der Waals surface area contributed by atoms with Crippen molar-refractivity contribution >= 4 is 34.0 Å². The molecule has 0 unspecified atom stereocenters. The maximum Gasteiger partial charge on any atom is 0.224 e. The molecule has 3 aromatic rings. The maximum atomic E-state index is 6.09. The highest BCUT2D eigenvalue weighted by Gasteiger charge is 2.13. The first-order valence-electron chi connectivity index (χ1n) is 7.44. The number of anilines is 2. The maximum absolute atomic E-state index is 6.09. The van der Waals surface area contributed by atoms with E-state index in [1.54, 1.807) is 20.3 Å². The monoisotopic (exact) mass is 343 g/mol. The Labute approximate surface area is 145 Å². The molecule has 1 N–H and O–H groups in total. The molecular weight excluding hydrogens is 326 g/mol. The minimum absolute atomic E-state index is 0.168. The molecule has 0 fully saturated rings. The van der Waals surface area contributed by atoms with Gasteiger partial charge in [-0.05, 0) is 54.8 Å². The summed E-state index contributed by atoms with van der Waals surface area (Å²) < 4.78 is 10.7. The molecule has 1 aromatic heterocycles. The zero-order valence-corrected chi connectivity index (χ0v) is 14.7. The van der Waals surface area contributed by atoms with Crippen LogP contribution in [0.3, 0.4) is 0 Å². The predicted octanol–water partition coefficient (Wildman–Crippen LogP) is 4.66. The fourth-order valence-electron chi connectivity index (χ4n) is 2.71. The highest BCUT2D eigenvalue weighted by molar-refractivity contribution is 6.28.